The third kappa shape index (κ3) is 3.19. The van der Waals surface area contributed by atoms with Gasteiger partial charge in [0, 0.05) is 12.6 Å². The Morgan fingerprint density at radius 3 is 2.74 bits per heavy atom. The van der Waals surface area contributed by atoms with Gasteiger partial charge in [-0.2, -0.15) is 0 Å². The van der Waals surface area contributed by atoms with Crippen LogP contribution < -0.4 is 5.73 Å². The molecule has 0 heterocycles. The Bertz CT molecular complexity index is 467. The van der Waals surface area contributed by atoms with Gasteiger partial charge in [0.25, 0.3) is 5.91 Å². The van der Waals surface area contributed by atoms with Crippen molar-refractivity contribution in [2.45, 2.75) is 39.2 Å². The molecule has 1 aliphatic rings. The molecule has 4 heteroatoms. The first kappa shape index (κ1) is 13.7. The van der Waals surface area contributed by atoms with Crippen LogP contribution in [0.5, 0.6) is 5.75 Å². The summed E-state index contributed by atoms with van der Waals surface area (Å²) < 4.78 is 0. The minimum absolute atomic E-state index is 0.0947. The molecule has 1 fully saturated rings. The number of benzene rings is 1. The predicted octanol–water partition coefficient (Wildman–Crippen LogP) is 2.63. The summed E-state index contributed by atoms with van der Waals surface area (Å²) in [5, 5.41) is 9.92. The highest BCUT2D eigenvalue weighted by atomic mass is 16.3. The van der Waals surface area contributed by atoms with Crippen LogP contribution in [0.25, 0.3) is 0 Å². The molecule has 0 unspecified atom stereocenters. The maximum Gasteiger partial charge on any atom is 0.257 e. The van der Waals surface area contributed by atoms with E-state index in [4.69, 9.17) is 5.73 Å². The van der Waals surface area contributed by atoms with E-state index < -0.39 is 0 Å². The van der Waals surface area contributed by atoms with E-state index in [1.54, 1.807) is 18.2 Å². The van der Waals surface area contributed by atoms with Crippen LogP contribution >= 0.6 is 0 Å². The maximum absolute atomic E-state index is 12.5. The quantitative estimate of drug-likeness (QED) is 0.633. The van der Waals surface area contributed by atoms with Crippen LogP contribution in [-0.4, -0.2) is 28.5 Å². The number of phenols is 1. The number of anilines is 1. The van der Waals surface area contributed by atoms with Crippen LogP contribution in [0.1, 0.15) is 43.5 Å². The molecule has 0 aromatic heterocycles. The second-order valence-electron chi connectivity index (χ2n) is 5.66. The zero-order valence-electron chi connectivity index (χ0n) is 11.6. The number of carbonyl (C=O) groups is 1. The van der Waals surface area contributed by atoms with Gasteiger partial charge in [-0.25, -0.2) is 0 Å². The fourth-order valence-electron chi connectivity index (χ4n) is 2.12. The average Bonchev–Trinajstić information content (AvgIpc) is 3.17. The van der Waals surface area contributed by atoms with Crippen molar-refractivity contribution in [1.82, 2.24) is 4.90 Å². The van der Waals surface area contributed by atoms with E-state index in [0.29, 0.717) is 17.5 Å². The van der Waals surface area contributed by atoms with Crippen molar-refractivity contribution in [1.29, 1.82) is 0 Å². The van der Waals surface area contributed by atoms with Crippen LogP contribution in [0.3, 0.4) is 0 Å². The summed E-state index contributed by atoms with van der Waals surface area (Å²) in [7, 11) is 0. The summed E-state index contributed by atoms with van der Waals surface area (Å²) in [6.07, 6.45) is 3.10. The Morgan fingerprint density at radius 2 is 2.16 bits per heavy atom. The Kier molecular flexibility index (Phi) is 3.98. The summed E-state index contributed by atoms with van der Waals surface area (Å²) in [6.45, 7) is 5.04. The van der Waals surface area contributed by atoms with Gasteiger partial charge in [-0.05, 0) is 37.3 Å². The summed E-state index contributed by atoms with van der Waals surface area (Å²) in [5.74, 6) is 0.360. The third-order valence-electron chi connectivity index (χ3n) is 3.49. The monoisotopic (exact) mass is 262 g/mol. The second-order valence-corrected chi connectivity index (χ2v) is 5.66. The van der Waals surface area contributed by atoms with E-state index in [2.05, 4.69) is 13.8 Å². The lowest BCUT2D eigenvalue weighted by atomic mass is 10.1. The molecule has 19 heavy (non-hydrogen) atoms. The van der Waals surface area contributed by atoms with Gasteiger partial charge in [0.05, 0.1) is 11.3 Å². The largest absolute Gasteiger partial charge is 0.505 e. The molecule has 0 radical (unpaired) electrons. The van der Waals surface area contributed by atoms with Crippen LogP contribution in [0, 0.1) is 5.92 Å². The molecule has 0 aliphatic heterocycles. The van der Waals surface area contributed by atoms with E-state index >= 15 is 0 Å². The van der Waals surface area contributed by atoms with Gasteiger partial charge in [-0.1, -0.05) is 19.9 Å². The molecule has 0 saturated heterocycles. The van der Waals surface area contributed by atoms with Gasteiger partial charge in [-0.3, -0.25) is 4.79 Å². The maximum atomic E-state index is 12.5. The van der Waals surface area contributed by atoms with Gasteiger partial charge in [0.15, 0.2) is 5.75 Å². The second kappa shape index (κ2) is 5.51. The summed E-state index contributed by atoms with van der Waals surface area (Å²) in [5.41, 5.74) is 6.22. The van der Waals surface area contributed by atoms with E-state index in [9.17, 15) is 9.90 Å². The number of para-hydroxylation sites is 1. The van der Waals surface area contributed by atoms with Gasteiger partial charge in [0.2, 0.25) is 0 Å². The molecule has 1 amide bonds. The molecule has 4 nitrogen and oxygen atoms in total. The first-order valence-corrected chi connectivity index (χ1v) is 6.89. The lowest BCUT2D eigenvalue weighted by Gasteiger charge is -2.24. The van der Waals surface area contributed by atoms with Crippen LogP contribution in [0.4, 0.5) is 5.69 Å². The Labute approximate surface area is 114 Å². The molecular weight excluding hydrogens is 240 g/mol. The first-order valence-electron chi connectivity index (χ1n) is 6.89. The minimum Gasteiger partial charge on any atom is -0.505 e. The molecule has 0 bridgehead atoms. The van der Waals surface area contributed by atoms with Crippen molar-refractivity contribution in [3.63, 3.8) is 0 Å². The molecule has 0 spiro atoms. The fourth-order valence-corrected chi connectivity index (χ4v) is 2.12. The number of nitrogens with two attached hydrogens (primary N) is 1. The summed E-state index contributed by atoms with van der Waals surface area (Å²) in [4.78, 5) is 14.4. The fraction of sp³-hybridized carbons (Fsp3) is 0.533. The Balaban J connectivity index is 2.17. The van der Waals surface area contributed by atoms with E-state index in [-0.39, 0.29) is 17.3 Å². The van der Waals surface area contributed by atoms with Gasteiger partial charge in [0.1, 0.15) is 0 Å². The SMILES string of the molecule is CC(C)CCN(C(=O)c1cccc(N)c1O)C1CC1. The van der Waals surface area contributed by atoms with E-state index in [0.717, 1.165) is 25.8 Å². The molecule has 1 aromatic carbocycles. The third-order valence-corrected chi connectivity index (χ3v) is 3.49. The van der Waals surface area contributed by atoms with Crippen molar-refractivity contribution < 1.29 is 9.90 Å². The first-order chi connectivity index (χ1) is 9.00. The summed E-state index contributed by atoms with van der Waals surface area (Å²) >= 11 is 0. The number of nitrogen functional groups attached to an aromatic ring is 1. The Morgan fingerprint density at radius 1 is 1.47 bits per heavy atom. The molecule has 0 atom stereocenters. The van der Waals surface area contributed by atoms with Crippen molar-refractivity contribution in [3.05, 3.63) is 23.8 Å². The lowest BCUT2D eigenvalue weighted by Crippen LogP contribution is -2.34. The number of hydrogen-bond acceptors (Lipinski definition) is 3. The highest BCUT2D eigenvalue weighted by Crippen LogP contribution is 2.32. The van der Waals surface area contributed by atoms with Crippen molar-refractivity contribution >= 4 is 11.6 Å². The molecule has 3 N–H and O–H groups in total. The molecule has 104 valence electrons. The normalized spacial score (nSPS) is 14.7. The zero-order chi connectivity index (χ0) is 14.0. The molecule has 1 aliphatic carbocycles. The smallest absolute Gasteiger partial charge is 0.257 e. The molecule has 1 saturated carbocycles. The number of phenolic OH excluding ortho intramolecular Hbond substituents is 1. The van der Waals surface area contributed by atoms with Gasteiger partial charge >= 0.3 is 0 Å². The highest BCUT2D eigenvalue weighted by molar-refractivity contribution is 5.98. The molecule has 1 aromatic rings. The molecule has 2 rings (SSSR count). The van der Waals surface area contributed by atoms with Crippen LogP contribution in [-0.2, 0) is 0 Å². The van der Waals surface area contributed by atoms with E-state index in [1.807, 2.05) is 4.90 Å². The van der Waals surface area contributed by atoms with E-state index in [1.165, 1.54) is 0 Å². The minimum atomic E-state index is -0.104. The number of carbonyl (C=O) groups excluding carboxylic acids is 1. The van der Waals surface area contributed by atoms with Crippen molar-refractivity contribution in [2.24, 2.45) is 5.92 Å². The number of amides is 1. The molecular formula is C15H22N2O2. The lowest BCUT2D eigenvalue weighted by molar-refractivity contribution is 0.0732. The van der Waals surface area contributed by atoms with Gasteiger partial charge < -0.3 is 15.7 Å². The topological polar surface area (TPSA) is 66.6 Å². The zero-order valence-corrected chi connectivity index (χ0v) is 11.6. The highest BCUT2D eigenvalue weighted by Gasteiger charge is 2.33. The number of aromatic hydroxyl groups is 1. The number of rotatable bonds is 5. The van der Waals surface area contributed by atoms with Crippen molar-refractivity contribution in [3.8, 4) is 5.75 Å². The van der Waals surface area contributed by atoms with Gasteiger partial charge in [-0.15, -0.1) is 0 Å². The average molecular weight is 262 g/mol. The van der Waals surface area contributed by atoms with Crippen molar-refractivity contribution in [2.75, 3.05) is 12.3 Å². The van der Waals surface area contributed by atoms with Crippen LogP contribution in [0.15, 0.2) is 18.2 Å². The standard InChI is InChI=1S/C15H22N2O2/c1-10(2)8-9-17(11-6-7-11)15(19)12-4-3-5-13(16)14(12)18/h3-5,10-11,18H,6-9,16H2,1-2H3. The number of nitrogens with zero attached hydrogens (tertiary/aromatic N) is 1. The van der Waals surface area contributed by atoms with Crippen LogP contribution in [0.2, 0.25) is 0 Å². The number of hydrogen-bond donors (Lipinski definition) is 2. The predicted molar refractivity (Wildman–Crippen MR) is 76.0 cm³/mol. The summed E-state index contributed by atoms with van der Waals surface area (Å²) in [6, 6.07) is 5.28. The Hall–Kier alpha value is -1.71.